The van der Waals surface area contributed by atoms with Crippen LogP contribution in [0.15, 0.2) is 54.9 Å². The first kappa shape index (κ1) is 17.9. The zero-order chi connectivity index (χ0) is 19.6. The van der Waals surface area contributed by atoms with Crippen LogP contribution in [0.5, 0.6) is 17.5 Å². The molecule has 1 N–H and O–H groups in total. The highest BCUT2D eigenvalue weighted by molar-refractivity contribution is 5.61. The van der Waals surface area contributed by atoms with Crippen LogP contribution in [-0.4, -0.2) is 39.7 Å². The van der Waals surface area contributed by atoms with Gasteiger partial charge in [0, 0.05) is 30.5 Å². The summed E-state index contributed by atoms with van der Waals surface area (Å²) < 4.78 is 11.4. The molecule has 1 fully saturated rings. The van der Waals surface area contributed by atoms with Crippen molar-refractivity contribution in [1.29, 1.82) is 0 Å². The quantitative estimate of drug-likeness (QED) is 0.729. The maximum absolute atomic E-state index is 9.25. The van der Waals surface area contributed by atoms with E-state index in [1.54, 1.807) is 12.4 Å². The SMILES string of the molecule is Oc1ncc(-c2ccc(CN3CCCC3c3ccc4c(c3)OCCO4)cc2)cn1. The van der Waals surface area contributed by atoms with Crippen molar-refractivity contribution in [2.24, 2.45) is 0 Å². The molecule has 0 radical (unpaired) electrons. The fourth-order valence-electron chi connectivity index (χ4n) is 4.17. The van der Waals surface area contributed by atoms with Gasteiger partial charge in [-0.15, -0.1) is 0 Å². The topological polar surface area (TPSA) is 67.7 Å². The summed E-state index contributed by atoms with van der Waals surface area (Å²) >= 11 is 0. The number of hydrogen-bond donors (Lipinski definition) is 1. The van der Waals surface area contributed by atoms with Gasteiger partial charge in [-0.2, -0.15) is 0 Å². The van der Waals surface area contributed by atoms with E-state index in [9.17, 15) is 5.11 Å². The van der Waals surface area contributed by atoms with Crippen LogP contribution in [0.3, 0.4) is 0 Å². The number of benzene rings is 2. The summed E-state index contributed by atoms with van der Waals surface area (Å²) in [5.41, 5.74) is 4.51. The molecule has 2 aliphatic rings. The van der Waals surface area contributed by atoms with Gasteiger partial charge in [0.2, 0.25) is 0 Å². The molecule has 29 heavy (non-hydrogen) atoms. The van der Waals surface area contributed by atoms with E-state index in [0.29, 0.717) is 19.3 Å². The van der Waals surface area contributed by atoms with Gasteiger partial charge >= 0.3 is 6.01 Å². The van der Waals surface area contributed by atoms with Crippen LogP contribution in [-0.2, 0) is 6.54 Å². The van der Waals surface area contributed by atoms with Gasteiger partial charge < -0.3 is 14.6 Å². The zero-order valence-electron chi connectivity index (χ0n) is 16.1. The maximum atomic E-state index is 9.25. The number of rotatable bonds is 4. The average molecular weight is 389 g/mol. The summed E-state index contributed by atoms with van der Waals surface area (Å²) in [6, 6.07) is 15.0. The molecule has 2 aliphatic heterocycles. The van der Waals surface area contributed by atoms with E-state index in [0.717, 1.165) is 42.1 Å². The monoisotopic (exact) mass is 389 g/mol. The Hall–Kier alpha value is -3.12. The minimum absolute atomic E-state index is 0.204. The van der Waals surface area contributed by atoms with Crippen molar-refractivity contribution in [1.82, 2.24) is 14.9 Å². The van der Waals surface area contributed by atoms with Crippen LogP contribution < -0.4 is 9.47 Å². The van der Waals surface area contributed by atoms with Gasteiger partial charge in [0.25, 0.3) is 0 Å². The van der Waals surface area contributed by atoms with Crippen LogP contribution in [0.25, 0.3) is 11.1 Å². The van der Waals surface area contributed by atoms with Crippen molar-refractivity contribution in [3.05, 3.63) is 66.0 Å². The van der Waals surface area contributed by atoms with Crippen molar-refractivity contribution in [2.75, 3.05) is 19.8 Å². The molecule has 0 amide bonds. The molecule has 6 heteroatoms. The number of ether oxygens (including phenoxy) is 2. The third-order valence-corrected chi connectivity index (χ3v) is 5.63. The second-order valence-corrected chi connectivity index (χ2v) is 7.50. The molecule has 0 saturated carbocycles. The molecule has 6 nitrogen and oxygen atoms in total. The molecule has 2 aromatic carbocycles. The molecule has 1 atom stereocenters. The van der Waals surface area contributed by atoms with Crippen molar-refractivity contribution in [2.45, 2.75) is 25.4 Å². The highest BCUT2D eigenvalue weighted by Crippen LogP contribution is 2.38. The number of aromatic nitrogens is 2. The summed E-state index contributed by atoms with van der Waals surface area (Å²) in [6.45, 7) is 3.23. The number of likely N-dealkylation sites (tertiary alicyclic amines) is 1. The summed E-state index contributed by atoms with van der Waals surface area (Å²) in [5, 5.41) is 9.25. The zero-order valence-corrected chi connectivity index (χ0v) is 16.1. The highest BCUT2D eigenvalue weighted by Gasteiger charge is 2.27. The first-order chi connectivity index (χ1) is 14.3. The van der Waals surface area contributed by atoms with Crippen molar-refractivity contribution >= 4 is 0 Å². The number of hydrogen-bond acceptors (Lipinski definition) is 6. The van der Waals surface area contributed by atoms with Gasteiger partial charge in [-0.25, -0.2) is 9.97 Å². The molecule has 1 unspecified atom stereocenters. The van der Waals surface area contributed by atoms with Gasteiger partial charge in [0.15, 0.2) is 11.5 Å². The van der Waals surface area contributed by atoms with Gasteiger partial charge in [0.1, 0.15) is 13.2 Å². The normalized spacial score (nSPS) is 18.7. The number of nitrogens with zero attached hydrogens (tertiary/aromatic N) is 3. The highest BCUT2D eigenvalue weighted by atomic mass is 16.6. The lowest BCUT2D eigenvalue weighted by atomic mass is 10.0. The molecular weight excluding hydrogens is 366 g/mol. The molecule has 1 saturated heterocycles. The van der Waals surface area contributed by atoms with Gasteiger partial charge in [-0.1, -0.05) is 30.3 Å². The molecule has 1 aromatic heterocycles. The first-order valence-electron chi connectivity index (χ1n) is 10.0. The van der Waals surface area contributed by atoms with Gasteiger partial charge in [-0.05, 0) is 48.2 Å². The molecule has 5 rings (SSSR count). The summed E-state index contributed by atoms with van der Waals surface area (Å²) in [7, 11) is 0. The lowest BCUT2D eigenvalue weighted by Crippen LogP contribution is -2.23. The Balaban J connectivity index is 1.31. The summed E-state index contributed by atoms with van der Waals surface area (Å²) in [6.07, 6.45) is 5.62. The van der Waals surface area contributed by atoms with Crippen LogP contribution in [0.2, 0.25) is 0 Å². The molecule has 3 aromatic rings. The van der Waals surface area contributed by atoms with Crippen LogP contribution in [0, 0.1) is 0 Å². The smallest absolute Gasteiger partial charge is 0.313 e. The van der Waals surface area contributed by atoms with Crippen LogP contribution in [0.1, 0.15) is 30.0 Å². The Morgan fingerprint density at radius 2 is 1.69 bits per heavy atom. The predicted octanol–water partition coefficient (Wildman–Crippen LogP) is 3.96. The third-order valence-electron chi connectivity index (χ3n) is 5.63. The minimum Gasteiger partial charge on any atom is -0.486 e. The fraction of sp³-hybridized carbons (Fsp3) is 0.304. The molecule has 0 aliphatic carbocycles. The molecule has 0 bridgehead atoms. The standard InChI is InChI=1S/C23H23N3O3/c27-23-24-13-19(14-25-23)17-5-3-16(4-6-17)15-26-9-1-2-20(26)18-7-8-21-22(12-18)29-11-10-28-21/h3-8,12-14,20H,1-2,9-11,15H2,(H,24,25,27). The minimum atomic E-state index is -0.204. The van der Waals surface area contributed by atoms with Crippen molar-refractivity contribution in [3.63, 3.8) is 0 Å². The van der Waals surface area contributed by atoms with Crippen LogP contribution in [0.4, 0.5) is 0 Å². The van der Waals surface area contributed by atoms with E-state index >= 15 is 0 Å². The molecular formula is C23H23N3O3. The Labute approximate surface area is 169 Å². The Bertz CT molecular complexity index is 989. The fourth-order valence-corrected chi connectivity index (χ4v) is 4.17. The Kier molecular flexibility index (Phi) is 4.77. The summed E-state index contributed by atoms with van der Waals surface area (Å²) in [4.78, 5) is 10.2. The van der Waals surface area contributed by atoms with E-state index < -0.39 is 0 Å². The Morgan fingerprint density at radius 3 is 2.48 bits per heavy atom. The predicted molar refractivity (Wildman–Crippen MR) is 109 cm³/mol. The van der Waals surface area contributed by atoms with Gasteiger partial charge in [0.05, 0.1) is 0 Å². The van der Waals surface area contributed by atoms with Crippen molar-refractivity contribution < 1.29 is 14.6 Å². The molecule has 148 valence electrons. The second kappa shape index (κ2) is 7.72. The third kappa shape index (κ3) is 3.76. The van der Waals surface area contributed by atoms with E-state index in [4.69, 9.17) is 9.47 Å². The van der Waals surface area contributed by atoms with Gasteiger partial charge in [-0.3, -0.25) is 4.90 Å². The largest absolute Gasteiger partial charge is 0.486 e. The lowest BCUT2D eigenvalue weighted by Gasteiger charge is -2.26. The van der Waals surface area contributed by atoms with E-state index in [-0.39, 0.29) is 6.01 Å². The number of aromatic hydroxyl groups is 1. The summed E-state index contributed by atoms with van der Waals surface area (Å²) in [5.74, 6) is 1.71. The second-order valence-electron chi connectivity index (χ2n) is 7.50. The Morgan fingerprint density at radius 1 is 0.931 bits per heavy atom. The van der Waals surface area contributed by atoms with E-state index in [1.807, 2.05) is 6.07 Å². The van der Waals surface area contributed by atoms with E-state index in [2.05, 4.69) is 51.3 Å². The first-order valence-corrected chi connectivity index (χ1v) is 10.0. The lowest BCUT2D eigenvalue weighted by molar-refractivity contribution is 0.170. The average Bonchev–Trinajstić information content (AvgIpc) is 3.23. The number of fused-ring (bicyclic) bond motifs is 1. The molecule has 0 spiro atoms. The van der Waals surface area contributed by atoms with Crippen LogP contribution >= 0.6 is 0 Å². The molecule has 3 heterocycles. The van der Waals surface area contributed by atoms with Crippen molar-refractivity contribution in [3.8, 4) is 28.6 Å². The maximum Gasteiger partial charge on any atom is 0.313 e. The van der Waals surface area contributed by atoms with E-state index in [1.165, 1.54) is 17.5 Å².